The van der Waals surface area contributed by atoms with Crippen LogP contribution in [-0.4, -0.2) is 80.5 Å². The van der Waals surface area contributed by atoms with Crippen LogP contribution in [0.1, 0.15) is 23.3 Å². The van der Waals surface area contributed by atoms with Crippen LogP contribution < -0.4 is 14.8 Å². The summed E-state index contributed by atoms with van der Waals surface area (Å²) >= 11 is 0. The molecule has 11 nitrogen and oxygen atoms in total. The number of methoxy groups -OCH3 is 2. The molecule has 1 aliphatic rings. The normalized spacial score (nSPS) is 22.2. The summed E-state index contributed by atoms with van der Waals surface area (Å²) in [6, 6.07) is 15.9. The molecule has 37 heavy (non-hydrogen) atoms. The zero-order valence-electron chi connectivity index (χ0n) is 20.4. The van der Waals surface area contributed by atoms with Gasteiger partial charge in [0.25, 0.3) is 0 Å². The standard InChI is InChI=1S/C26H29N5O6/c1-35-17-8-16(9-18(10-17)36-2)19(15-6-4-3-5-7-15)11-27-24-21-25(29-13-28-24)31(14-30-21)26-23(34)22(33)20(12-32)37-26/h3-10,13-14,19-20,22-23,26,32-34H,11-12H2,1-2H3,(H,27,28,29). The summed E-state index contributed by atoms with van der Waals surface area (Å²) in [6.45, 7) is 0.0617. The third-order valence-electron chi connectivity index (χ3n) is 6.60. The lowest BCUT2D eigenvalue weighted by Gasteiger charge is -2.21. The molecule has 0 radical (unpaired) electrons. The second kappa shape index (κ2) is 10.7. The molecular weight excluding hydrogens is 478 g/mol. The van der Waals surface area contributed by atoms with E-state index in [-0.39, 0.29) is 5.92 Å². The van der Waals surface area contributed by atoms with E-state index in [1.165, 1.54) is 17.2 Å². The summed E-state index contributed by atoms with van der Waals surface area (Å²) in [4.78, 5) is 13.2. The molecule has 1 saturated heterocycles. The first-order chi connectivity index (χ1) is 18.0. The van der Waals surface area contributed by atoms with Gasteiger partial charge in [-0.15, -0.1) is 0 Å². The van der Waals surface area contributed by atoms with E-state index in [0.717, 1.165) is 11.1 Å². The predicted molar refractivity (Wildman–Crippen MR) is 135 cm³/mol. The van der Waals surface area contributed by atoms with Gasteiger partial charge in [0.05, 0.1) is 27.2 Å². The third-order valence-corrected chi connectivity index (χ3v) is 6.60. The van der Waals surface area contributed by atoms with E-state index in [1.807, 2.05) is 36.4 Å². The number of aliphatic hydroxyl groups is 3. The number of hydrogen-bond acceptors (Lipinski definition) is 10. The number of nitrogens with zero attached hydrogens (tertiary/aromatic N) is 4. The maximum Gasteiger partial charge on any atom is 0.167 e. The SMILES string of the molecule is COc1cc(OC)cc(C(CNc2ncnc3c2ncn3C2OC(CO)C(O)C2O)c2ccccc2)c1. The maximum absolute atomic E-state index is 10.5. The van der Waals surface area contributed by atoms with Gasteiger partial charge in [-0.1, -0.05) is 30.3 Å². The molecular formula is C26H29N5O6. The van der Waals surface area contributed by atoms with E-state index in [9.17, 15) is 15.3 Å². The molecule has 0 spiro atoms. The lowest BCUT2D eigenvalue weighted by atomic mass is 9.91. The van der Waals surface area contributed by atoms with E-state index < -0.39 is 31.1 Å². The number of nitrogens with one attached hydrogen (secondary N) is 1. The number of imidazole rings is 1. The zero-order chi connectivity index (χ0) is 25.9. The fraction of sp³-hybridized carbons (Fsp3) is 0.346. The van der Waals surface area contributed by atoms with Crippen LogP contribution in [0.3, 0.4) is 0 Å². The quantitative estimate of drug-likeness (QED) is 0.264. The Bertz CT molecular complexity index is 1330. The molecule has 4 N–H and O–H groups in total. The van der Waals surface area contributed by atoms with Crippen molar-refractivity contribution in [3.05, 3.63) is 72.3 Å². The van der Waals surface area contributed by atoms with Crippen LogP contribution in [0, 0.1) is 0 Å². The van der Waals surface area contributed by atoms with E-state index in [4.69, 9.17) is 14.2 Å². The Morgan fingerprint density at radius 1 is 0.973 bits per heavy atom. The van der Waals surface area contributed by atoms with Crippen LogP contribution >= 0.6 is 0 Å². The lowest BCUT2D eigenvalue weighted by molar-refractivity contribution is -0.0511. The van der Waals surface area contributed by atoms with E-state index in [2.05, 4.69) is 32.4 Å². The van der Waals surface area contributed by atoms with Crippen molar-refractivity contribution >= 4 is 17.0 Å². The topological polar surface area (TPSA) is 144 Å². The van der Waals surface area contributed by atoms with Crippen molar-refractivity contribution in [2.75, 3.05) is 32.7 Å². The molecule has 11 heteroatoms. The largest absolute Gasteiger partial charge is 0.497 e. The van der Waals surface area contributed by atoms with Gasteiger partial charge in [0.2, 0.25) is 0 Å². The van der Waals surface area contributed by atoms with Gasteiger partial charge >= 0.3 is 0 Å². The van der Waals surface area contributed by atoms with Gasteiger partial charge in [0, 0.05) is 18.5 Å². The molecule has 5 rings (SSSR count). The van der Waals surface area contributed by atoms with Crippen LogP contribution in [0.15, 0.2) is 61.2 Å². The lowest BCUT2D eigenvalue weighted by Crippen LogP contribution is -2.33. The molecule has 0 amide bonds. The summed E-state index contributed by atoms with van der Waals surface area (Å²) in [5.74, 6) is 1.82. The van der Waals surface area contributed by atoms with Crippen LogP contribution in [0.5, 0.6) is 11.5 Å². The molecule has 5 unspecified atom stereocenters. The molecule has 0 saturated carbocycles. The molecule has 4 aromatic rings. The Hall–Kier alpha value is -3.77. The first-order valence-electron chi connectivity index (χ1n) is 11.9. The van der Waals surface area contributed by atoms with Crippen LogP contribution in [0.2, 0.25) is 0 Å². The molecule has 0 bridgehead atoms. The minimum absolute atomic E-state index is 0.0715. The van der Waals surface area contributed by atoms with Gasteiger partial charge in [0.1, 0.15) is 36.1 Å². The Labute approximate surface area is 213 Å². The van der Waals surface area contributed by atoms with Gasteiger partial charge < -0.3 is 34.8 Å². The Morgan fingerprint density at radius 3 is 2.35 bits per heavy atom. The number of rotatable bonds is 9. The highest BCUT2D eigenvalue weighted by Gasteiger charge is 2.44. The summed E-state index contributed by atoms with van der Waals surface area (Å²) in [5.41, 5.74) is 2.99. The van der Waals surface area contributed by atoms with E-state index in [0.29, 0.717) is 35.0 Å². The Kier molecular flexibility index (Phi) is 7.19. The van der Waals surface area contributed by atoms with Gasteiger partial charge in [0.15, 0.2) is 23.2 Å². The van der Waals surface area contributed by atoms with E-state index >= 15 is 0 Å². The van der Waals surface area contributed by atoms with Crippen molar-refractivity contribution in [3.63, 3.8) is 0 Å². The molecule has 0 aliphatic carbocycles. The van der Waals surface area contributed by atoms with Gasteiger partial charge in [-0.25, -0.2) is 15.0 Å². The highest BCUT2D eigenvalue weighted by molar-refractivity contribution is 5.82. The number of fused-ring (bicyclic) bond motifs is 1. The highest BCUT2D eigenvalue weighted by atomic mass is 16.6. The molecule has 1 aliphatic heterocycles. The van der Waals surface area contributed by atoms with Crippen molar-refractivity contribution in [1.29, 1.82) is 0 Å². The highest BCUT2D eigenvalue weighted by Crippen LogP contribution is 2.34. The summed E-state index contributed by atoms with van der Waals surface area (Å²) < 4.78 is 18.2. The molecule has 5 atom stereocenters. The zero-order valence-corrected chi connectivity index (χ0v) is 20.4. The number of hydrogen-bond donors (Lipinski definition) is 4. The first kappa shape index (κ1) is 24.9. The van der Waals surface area contributed by atoms with Crippen molar-refractivity contribution in [2.24, 2.45) is 0 Å². The molecule has 3 heterocycles. The van der Waals surface area contributed by atoms with Gasteiger partial charge in [-0.05, 0) is 23.3 Å². The summed E-state index contributed by atoms with van der Waals surface area (Å²) in [6.07, 6.45) is -1.43. The molecule has 194 valence electrons. The molecule has 2 aromatic carbocycles. The van der Waals surface area contributed by atoms with Crippen LogP contribution in [0.4, 0.5) is 5.82 Å². The minimum atomic E-state index is -1.24. The summed E-state index contributed by atoms with van der Waals surface area (Å²) in [5, 5.41) is 33.4. The molecule has 1 fully saturated rings. The first-order valence-corrected chi connectivity index (χ1v) is 11.9. The van der Waals surface area contributed by atoms with Crippen molar-refractivity contribution in [3.8, 4) is 11.5 Å². The third kappa shape index (κ3) is 4.81. The van der Waals surface area contributed by atoms with Crippen molar-refractivity contribution < 1.29 is 29.5 Å². The van der Waals surface area contributed by atoms with Crippen LogP contribution in [0.25, 0.3) is 11.2 Å². The number of aromatic nitrogens is 4. The number of anilines is 1. The average molecular weight is 508 g/mol. The smallest absolute Gasteiger partial charge is 0.167 e. The minimum Gasteiger partial charge on any atom is -0.497 e. The number of benzene rings is 2. The second-order valence-electron chi connectivity index (χ2n) is 8.77. The molecule has 2 aromatic heterocycles. The number of aliphatic hydroxyl groups excluding tert-OH is 3. The van der Waals surface area contributed by atoms with Gasteiger partial charge in [-0.2, -0.15) is 0 Å². The Balaban J connectivity index is 1.46. The monoisotopic (exact) mass is 507 g/mol. The maximum atomic E-state index is 10.5. The van der Waals surface area contributed by atoms with E-state index in [1.54, 1.807) is 14.2 Å². The fourth-order valence-corrected chi connectivity index (χ4v) is 4.62. The summed E-state index contributed by atoms with van der Waals surface area (Å²) in [7, 11) is 3.24. The van der Waals surface area contributed by atoms with Crippen molar-refractivity contribution in [2.45, 2.75) is 30.5 Å². The average Bonchev–Trinajstić information content (AvgIpc) is 3.49. The number of ether oxygens (including phenoxy) is 3. The predicted octanol–water partition coefficient (Wildman–Crippen LogP) is 1.70. The van der Waals surface area contributed by atoms with Crippen LogP contribution in [-0.2, 0) is 4.74 Å². The second-order valence-corrected chi connectivity index (χ2v) is 8.77. The van der Waals surface area contributed by atoms with Crippen molar-refractivity contribution in [1.82, 2.24) is 19.5 Å². The van der Waals surface area contributed by atoms with Gasteiger partial charge in [-0.3, -0.25) is 4.57 Å². The Morgan fingerprint density at radius 2 is 1.70 bits per heavy atom. The fourth-order valence-electron chi connectivity index (χ4n) is 4.62.